The standard InChI is InChI=1S/C12H16N2O4S/c1-12(11(15)16)7-2-8-14(12)9-3-5-10(6-4-9)19(13,17)18/h3-6H,2,7-8H2,1H3,(H,15,16)(H2,13,17,18). The molecule has 104 valence electrons. The third kappa shape index (κ3) is 2.43. The number of benzene rings is 1. The molecule has 1 heterocycles. The first-order valence-electron chi connectivity index (χ1n) is 5.89. The van der Waals surface area contributed by atoms with E-state index in [2.05, 4.69) is 0 Å². The number of hydrogen-bond acceptors (Lipinski definition) is 4. The van der Waals surface area contributed by atoms with Gasteiger partial charge in [0, 0.05) is 12.2 Å². The van der Waals surface area contributed by atoms with Crippen LogP contribution in [0.3, 0.4) is 0 Å². The number of aliphatic carboxylic acids is 1. The molecule has 7 heteroatoms. The van der Waals surface area contributed by atoms with Gasteiger partial charge in [-0.05, 0) is 44.0 Å². The lowest BCUT2D eigenvalue weighted by Gasteiger charge is -2.33. The van der Waals surface area contributed by atoms with E-state index in [1.54, 1.807) is 24.0 Å². The molecule has 19 heavy (non-hydrogen) atoms. The first-order chi connectivity index (χ1) is 8.75. The zero-order valence-corrected chi connectivity index (χ0v) is 11.4. The van der Waals surface area contributed by atoms with Crippen molar-refractivity contribution in [3.63, 3.8) is 0 Å². The summed E-state index contributed by atoms with van der Waals surface area (Å²) in [6.45, 7) is 2.31. The fourth-order valence-electron chi connectivity index (χ4n) is 2.42. The van der Waals surface area contributed by atoms with Crippen molar-refractivity contribution in [3.05, 3.63) is 24.3 Å². The van der Waals surface area contributed by atoms with E-state index in [0.717, 1.165) is 6.42 Å². The van der Waals surface area contributed by atoms with E-state index in [1.807, 2.05) is 0 Å². The van der Waals surface area contributed by atoms with E-state index in [0.29, 0.717) is 18.7 Å². The maximum Gasteiger partial charge on any atom is 0.329 e. The summed E-state index contributed by atoms with van der Waals surface area (Å²) in [6.07, 6.45) is 1.36. The van der Waals surface area contributed by atoms with E-state index in [4.69, 9.17) is 5.14 Å². The van der Waals surface area contributed by atoms with Gasteiger partial charge in [0.25, 0.3) is 0 Å². The molecule has 1 saturated heterocycles. The number of carbonyl (C=O) groups is 1. The lowest BCUT2D eigenvalue weighted by Crippen LogP contribution is -2.48. The Kier molecular flexibility index (Phi) is 3.27. The molecule has 3 N–H and O–H groups in total. The summed E-state index contributed by atoms with van der Waals surface area (Å²) >= 11 is 0. The summed E-state index contributed by atoms with van der Waals surface area (Å²) in [4.78, 5) is 13.2. The van der Waals surface area contributed by atoms with Gasteiger partial charge in [0.05, 0.1) is 4.90 Å². The Hall–Kier alpha value is -1.60. The molecule has 0 aliphatic carbocycles. The second-order valence-electron chi connectivity index (χ2n) is 4.87. The van der Waals surface area contributed by atoms with Crippen molar-refractivity contribution in [1.29, 1.82) is 0 Å². The topological polar surface area (TPSA) is 101 Å². The summed E-state index contributed by atoms with van der Waals surface area (Å²) < 4.78 is 22.3. The van der Waals surface area contributed by atoms with Crippen molar-refractivity contribution in [1.82, 2.24) is 0 Å². The van der Waals surface area contributed by atoms with E-state index in [-0.39, 0.29) is 4.90 Å². The van der Waals surface area contributed by atoms with Gasteiger partial charge in [0.2, 0.25) is 10.0 Å². The molecule has 1 fully saturated rings. The maximum absolute atomic E-state index is 11.4. The molecule has 6 nitrogen and oxygen atoms in total. The number of primary sulfonamides is 1. The van der Waals surface area contributed by atoms with Crippen LogP contribution in [0, 0.1) is 0 Å². The Morgan fingerprint density at radius 3 is 2.42 bits per heavy atom. The fraction of sp³-hybridized carbons (Fsp3) is 0.417. The average Bonchev–Trinajstić information content (AvgIpc) is 2.72. The van der Waals surface area contributed by atoms with Crippen molar-refractivity contribution in [2.45, 2.75) is 30.2 Å². The van der Waals surface area contributed by atoms with Gasteiger partial charge in [-0.1, -0.05) is 0 Å². The minimum atomic E-state index is -3.72. The largest absolute Gasteiger partial charge is 0.480 e. The van der Waals surface area contributed by atoms with E-state index >= 15 is 0 Å². The van der Waals surface area contributed by atoms with Crippen molar-refractivity contribution < 1.29 is 18.3 Å². The van der Waals surface area contributed by atoms with Crippen molar-refractivity contribution in [3.8, 4) is 0 Å². The number of sulfonamides is 1. The van der Waals surface area contributed by atoms with Crippen molar-refractivity contribution in [2.75, 3.05) is 11.4 Å². The highest BCUT2D eigenvalue weighted by Gasteiger charge is 2.43. The van der Waals surface area contributed by atoms with Crippen LogP contribution in [0.15, 0.2) is 29.2 Å². The van der Waals surface area contributed by atoms with Crippen LogP contribution < -0.4 is 10.0 Å². The van der Waals surface area contributed by atoms with Crippen LogP contribution in [0.4, 0.5) is 5.69 Å². The highest BCUT2D eigenvalue weighted by atomic mass is 32.2. The zero-order chi connectivity index (χ0) is 14.3. The van der Waals surface area contributed by atoms with E-state index in [9.17, 15) is 18.3 Å². The van der Waals surface area contributed by atoms with Gasteiger partial charge >= 0.3 is 5.97 Å². The normalized spacial score (nSPS) is 23.6. The van der Waals surface area contributed by atoms with Crippen LogP contribution in [0.1, 0.15) is 19.8 Å². The van der Waals surface area contributed by atoms with E-state index in [1.165, 1.54) is 12.1 Å². The summed E-state index contributed by atoms with van der Waals surface area (Å²) in [7, 11) is -3.72. The number of carboxylic acid groups (broad SMARTS) is 1. The van der Waals surface area contributed by atoms with Crippen molar-refractivity contribution in [2.24, 2.45) is 5.14 Å². The molecular formula is C12H16N2O4S. The van der Waals surface area contributed by atoms with Crippen LogP contribution in [-0.4, -0.2) is 31.6 Å². The molecule has 1 atom stereocenters. The zero-order valence-electron chi connectivity index (χ0n) is 10.5. The predicted molar refractivity (Wildman–Crippen MR) is 70.4 cm³/mol. The monoisotopic (exact) mass is 284 g/mol. The lowest BCUT2D eigenvalue weighted by atomic mass is 9.99. The molecule has 0 aromatic heterocycles. The predicted octanol–water partition coefficient (Wildman–Crippen LogP) is 0.778. The number of nitrogens with zero attached hydrogens (tertiary/aromatic N) is 1. The average molecular weight is 284 g/mol. The smallest absolute Gasteiger partial charge is 0.329 e. The molecule has 0 amide bonds. The minimum absolute atomic E-state index is 0.0208. The third-order valence-electron chi connectivity index (χ3n) is 3.58. The molecule has 1 aliphatic heterocycles. The Labute approximate surface area is 111 Å². The molecule has 0 spiro atoms. The third-order valence-corrected chi connectivity index (χ3v) is 4.51. The molecule has 1 unspecified atom stereocenters. The number of anilines is 1. The van der Waals surface area contributed by atoms with Gasteiger partial charge in [0.15, 0.2) is 0 Å². The minimum Gasteiger partial charge on any atom is -0.480 e. The van der Waals surface area contributed by atoms with Gasteiger partial charge in [0.1, 0.15) is 5.54 Å². The van der Waals surface area contributed by atoms with Crippen LogP contribution in [-0.2, 0) is 14.8 Å². The SMILES string of the molecule is CC1(C(=O)O)CCCN1c1ccc(S(N)(=O)=O)cc1. The second-order valence-corrected chi connectivity index (χ2v) is 6.43. The van der Waals surface area contributed by atoms with Crippen molar-refractivity contribution >= 4 is 21.7 Å². The highest BCUT2D eigenvalue weighted by Crippen LogP contribution is 2.34. The Balaban J connectivity index is 2.35. The summed E-state index contributed by atoms with van der Waals surface area (Å²) in [5.41, 5.74) is -0.252. The molecule has 1 aromatic carbocycles. The van der Waals surface area contributed by atoms with Gasteiger partial charge in [-0.15, -0.1) is 0 Å². The summed E-state index contributed by atoms with van der Waals surface area (Å²) in [5.74, 6) is -0.875. The molecule has 0 radical (unpaired) electrons. The summed E-state index contributed by atoms with van der Waals surface area (Å²) in [5, 5.41) is 14.4. The molecule has 0 bridgehead atoms. The first-order valence-corrected chi connectivity index (χ1v) is 7.44. The lowest BCUT2D eigenvalue weighted by molar-refractivity contribution is -0.142. The Bertz CT molecular complexity index is 597. The highest BCUT2D eigenvalue weighted by molar-refractivity contribution is 7.89. The molecule has 0 saturated carbocycles. The van der Waals surface area contributed by atoms with Gasteiger partial charge in [-0.3, -0.25) is 0 Å². The number of hydrogen-bond donors (Lipinski definition) is 2. The quantitative estimate of drug-likeness (QED) is 0.854. The molecular weight excluding hydrogens is 268 g/mol. The first kappa shape index (κ1) is 13.8. The van der Waals surface area contributed by atoms with Gasteiger partial charge in [-0.25, -0.2) is 18.4 Å². The van der Waals surface area contributed by atoms with Gasteiger partial charge in [-0.2, -0.15) is 0 Å². The molecule has 2 rings (SSSR count). The van der Waals surface area contributed by atoms with Crippen LogP contribution >= 0.6 is 0 Å². The van der Waals surface area contributed by atoms with Crippen LogP contribution in [0.2, 0.25) is 0 Å². The Morgan fingerprint density at radius 1 is 1.37 bits per heavy atom. The second kappa shape index (κ2) is 4.50. The number of carboxylic acids is 1. The van der Waals surface area contributed by atoms with Gasteiger partial charge < -0.3 is 10.0 Å². The van der Waals surface area contributed by atoms with Crippen LogP contribution in [0.25, 0.3) is 0 Å². The van der Waals surface area contributed by atoms with E-state index < -0.39 is 21.5 Å². The van der Waals surface area contributed by atoms with Crippen LogP contribution in [0.5, 0.6) is 0 Å². The fourth-order valence-corrected chi connectivity index (χ4v) is 2.93. The maximum atomic E-state index is 11.4. The number of nitrogens with two attached hydrogens (primary N) is 1. The Morgan fingerprint density at radius 2 is 1.95 bits per heavy atom. The summed E-state index contributed by atoms with van der Waals surface area (Å²) in [6, 6.07) is 5.97. The molecule has 1 aromatic rings. The number of rotatable bonds is 3. The molecule has 1 aliphatic rings.